The van der Waals surface area contributed by atoms with Gasteiger partial charge in [-0.25, -0.2) is 4.99 Å². The van der Waals surface area contributed by atoms with Crippen LogP contribution in [0, 0.1) is 0 Å². The minimum Gasteiger partial charge on any atom is -0.357 e. The molecular weight excluding hydrogens is 439 g/mol. The molecule has 1 aromatic heterocycles. The van der Waals surface area contributed by atoms with E-state index in [1.807, 2.05) is 24.0 Å². The molecule has 1 aliphatic heterocycles. The van der Waals surface area contributed by atoms with Crippen molar-refractivity contribution in [3.63, 3.8) is 0 Å². The van der Waals surface area contributed by atoms with Crippen LogP contribution in [-0.2, 0) is 20.1 Å². The number of rotatable bonds is 5. The normalized spacial score (nSPS) is 15.6. The molecule has 7 heteroatoms. The maximum atomic E-state index is 4.80. The van der Waals surface area contributed by atoms with Crippen LogP contribution in [0.3, 0.4) is 0 Å². The second-order valence-electron chi connectivity index (χ2n) is 6.37. The van der Waals surface area contributed by atoms with Gasteiger partial charge in [0.25, 0.3) is 0 Å². The molecule has 1 saturated heterocycles. The largest absolute Gasteiger partial charge is 0.357 e. The molecule has 2 heterocycles. The highest BCUT2D eigenvalue weighted by Gasteiger charge is 2.19. The van der Waals surface area contributed by atoms with Crippen LogP contribution in [0.4, 0.5) is 0 Å². The van der Waals surface area contributed by atoms with E-state index in [0.717, 1.165) is 50.9 Å². The van der Waals surface area contributed by atoms with Crippen molar-refractivity contribution in [2.24, 2.45) is 12.0 Å². The molecule has 0 amide bonds. The SMILES string of the molecule is CCNC(=NCc1ccnn1C)N1CCN(Cc2ccccc2)CC1.I. The Morgan fingerprint density at radius 1 is 1.12 bits per heavy atom. The number of aromatic nitrogens is 2. The highest BCUT2D eigenvalue weighted by molar-refractivity contribution is 14.0. The lowest BCUT2D eigenvalue weighted by Crippen LogP contribution is -2.52. The van der Waals surface area contributed by atoms with Gasteiger partial charge in [0, 0.05) is 52.5 Å². The molecule has 0 spiro atoms. The third-order valence-electron chi connectivity index (χ3n) is 4.57. The molecule has 3 rings (SSSR count). The summed E-state index contributed by atoms with van der Waals surface area (Å²) < 4.78 is 1.88. The monoisotopic (exact) mass is 468 g/mol. The summed E-state index contributed by atoms with van der Waals surface area (Å²) in [5, 5.41) is 7.64. The fourth-order valence-electron chi connectivity index (χ4n) is 3.10. The minimum atomic E-state index is 0. The van der Waals surface area contributed by atoms with Crippen LogP contribution in [0.2, 0.25) is 0 Å². The van der Waals surface area contributed by atoms with E-state index >= 15 is 0 Å². The first-order valence-electron chi connectivity index (χ1n) is 9.02. The molecule has 6 nitrogen and oxygen atoms in total. The number of aryl methyl sites for hydroxylation is 1. The van der Waals surface area contributed by atoms with E-state index in [0.29, 0.717) is 6.54 Å². The van der Waals surface area contributed by atoms with Crippen molar-refractivity contribution in [3.8, 4) is 0 Å². The van der Waals surface area contributed by atoms with Crippen molar-refractivity contribution in [2.45, 2.75) is 20.0 Å². The van der Waals surface area contributed by atoms with Gasteiger partial charge in [0.2, 0.25) is 0 Å². The number of halogens is 1. The zero-order valence-electron chi connectivity index (χ0n) is 15.6. The van der Waals surface area contributed by atoms with Crippen molar-refractivity contribution < 1.29 is 0 Å². The molecule has 1 aromatic carbocycles. The molecule has 1 aliphatic rings. The summed E-state index contributed by atoms with van der Waals surface area (Å²) in [4.78, 5) is 9.67. The van der Waals surface area contributed by atoms with Gasteiger partial charge in [0.15, 0.2) is 5.96 Å². The Hall–Kier alpha value is -1.61. The summed E-state index contributed by atoms with van der Waals surface area (Å²) in [6.45, 7) is 8.81. The van der Waals surface area contributed by atoms with Crippen LogP contribution in [0.1, 0.15) is 18.2 Å². The van der Waals surface area contributed by atoms with Gasteiger partial charge in [-0.15, -0.1) is 24.0 Å². The Labute approximate surface area is 173 Å². The molecule has 0 unspecified atom stereocenters. The van der Waals surface area contributed by atoms with E-state index in [9.17, 15) is 0 Å². The van der Waals surface area contributed by atoms with Crippen LogP contribution < -0.4 is 5.32 Å². The first-order chi connectivity index (χ1) is 12.3. The van der Waals surface area contributed by atoms with Crippen LogP contribution >= 0.6 is 24.0 Å². The van der Waals surface area contributed by atoms with Gasteiger partial charge in [0.1, 0.15) is 0 Å². The number of hydrogen-bond acceptors (Lipinski definition) is 3. The van der Waals surface area contributed by atoms with E-state index in [1.54, 1.807) is 0 Å². The summed E-state index contributed by atoms with van der Waals surface area (Å²) in [6, 6.07) is 12.7. The lowest BCUT2D eigenvalue weighted by Gasteiger charge is -2.36. The van der Waals surface area contributed by atoms with Crippen molar-refractivity contribution in [1.82, 2.24) is 24.9 Å². The number of guanidine groups is 1. The minimum absolute atomic E-state index is 0. The van der Waals surface area contributed by atoms with Crippen molar-refractivity contribution in [1.29, 1.82) is 0 Å². The first kappa shape index (κ1) is 20.7. The fraction of sp³-hybridized carbons (Fsp3) is 0.474. The van der Waals surface area contributed by atoms with Crippen LogP contribution in [0.25, 0.3) is 0 Å². The molecule has 26 heavy (non-hydrogen) atoms. The standard InChI is InChI=1S/C19H28N6.HI/c1-3-20-19(21-15-18-9-10-22-23(18)2)25-13-11-24(12-14-25)16-17-7-5-4-6-8-17;/h4-10H,3,11-16H2,1-2H3,(H,20,21);1H. The Morgan fingerprint density at radius 2 is 1.85 bits per heavy atom. The molecule has 0 bridgehead atoms. The van der Waals surface area contributed by atoms with E-state index < -0.39 is 0 Å². The summed E-state index contributed by atoms with van der Waals surface area (Å²) in [7, 11) is 1.96. The summed E-state index contributed by atoms with van der Waals surface area (Å²) >= 11 is 0. The third-order valence-corrected chi connectivity index (χ3v) is 4.57. The lowest BCUT2D eigenvalue weighted by atomic mass is 10.2. The van der Waals surface area contributed by atoms with E-state index in [2.05, 4.69) is 57.5 Å². The maximum Gasteiger partial charge on any atom is 0.194 e. The van der Waals surface area contributed by atoms with Gasteiger partial charge in [-0.05, 0) is 18.6 Å². The second kappa shape index (κ2) is 10.5. The Morgan fingerprint density at radius 3 is 2.46 bits per heavy atom. The lowest BCUT2D eigenvalue weighted by molar-refractivity contribution is 0.172. The van der Waals surface area contributed by atoms with Crippen molar-refractivity contribution in [2.75, 3.05) is 32.7 Å². The molecule has 142 valence electrons. The van der Waals surface area contributed by atoms with Gasteiger partial charge in [-0.2, -0.15) is 5.10 Å². The number of benzene rings is 1. The zero-order valence-corrected chi connectivity index (χ0v) is 18.0. The quantitative estimate of drug-likeness (QED) is 0.416. The van der Waals surface area contributed by atoms with Gasteiger partial charge in [-0.1, -0.05) is 30.3 Å². The number of hydrogen-bond donors (Lipinski definition) is 1. The maximum absolute atomic E-state index is 4.80. The summed E-state index contributed by atoms with van der Waals surface area (Å²) in [6.07, 6.45) is 1.82. The molecule has 1 N–H and O–H groups in total. The fourth-order valence-corrected chi connectivity index (χ4v) is 3.10. The smallest absolute Gasteiger partial charge is 0.194 e. The molecule has 0 atom stereocenters. The molecule has 0 aliphatic carbocycles. The Bertz CT molecular complexity index is 676. The van der Waals surface area contributed by atoms with Gasteiger partial charge >= 0.3 is 0 Å². The second-order valence-corrected chi connectivity index (χ2v) is 6.37. The highest BCUT2D eigenvalue weighted by atomic mass is 127. The van der Waals surface area contributed by atoms with Gasteiger partial charge in [0.05, 0.1) is 12.2 Å². The van der Waals surface area contributed by atoms with E-state index in [1.165, 1.54) is 5.56 Å². The molecular formula is C19H29IN6. The number of piperazine rings is 1. The first-order valence-corrected chi connectivity index (χ1v) is 9.02. The highest BCUT2D eigenvalue weighted by Crippen LogP contribution is 2.09. The van der Waals surface area contributed by atoms with Gasteiger partial charge in [-0.3, -0.25) is 9.58 Å². The zero-order chi connectivity index (χ0) is 17.5. The van der Waals surface area contributed by atoms with Crippen LogP contribution in [-0.4, -0.2) is 58.3 Å². The van der Waals surface area contributed by atoms with E-state index in [4.69, 9.17) is 4.99 Å². The topological polar surface area (TPSA) is 48.7 Å². The molecule has 2 aromatic rings. The Balaban J connectivity index is 0.00000243. The van der Waals surface area contributed by atoms with Crippen molar-refractivity contribution >= 4 is 29.9 Å². The molecule has 1 fully saturated rings. The summed E-state index contributed by atoms with van der Waals surface area (Å²) in [5.41, 5.74) is 2.51. The molecule has 0 saturated carbocycles. The number of aliphatic imine (C=N–C) groups is 1. The summed E-state index contributed by atoms with van der Waals surface area (Å²) in [5.74, 6) is 1.00. The van der Waals surface area contributed by atoms with Gasteiger partial charge < -0.3 is 10.2 Å². The predicted molar refractivity (Wildman–Crippen MR) is 117 cm³/mol. The predicted octanol–water partition coefficient (Wildman–Crippen LogP) is 2.32. The average molecular weight is 468 g/mol. The van der Waals surface area contributed by atoms with Crippen LogP contribution in [0.5, 0.6) is 0 Å². The Kier molecular flexibility index (Phi) is 8.37. The number of nitrogens with zero attached hydrogens (tertiary/aromatic N) is 5. The number of nitrogens with one attached hydrogen (secondary N) is 1. The van der Waals surface area contributed by atoms with Crippen LogP contribution in [0.15, 0.2) is 47.6 Å². The third kappa shape index (κ3) is 5.70. The van der Waals surface area contributed by atoms with Crippen molar-refractivity contribution in [3.05, 3.63) is 53.9 Å². The molecule has 0 radical (unpaired) electrons. The van der Waals surface area contributed by atoms with E-state index in [-0.39, 0.29) is 24.0 Å². The average Bonchev–Trinajstić information content (AvgIpc) is 3.05.